The van der Waals surface area contributed by atoms with E-state index in [1.54, 1.807) is 27.8 Å². The highest BCUT2D eigenvalue weighted by Crippen LogP contribution is 2.23. The van der Waals surface area contributed by atoms with Crippen LogP contribution in [0.5, 0.6) is 0 Å². The van der Waals surface area contributed by atoms with Gasteiger partial charge in [-0.25, -0.2) is 0 Å². The summed E-state index contributed by atoms with van der Waals surface area (Å²) in [4.78, 5) is 25.7. The van der Waals surface area contributed by atoms with Gasteiger partial charge in [0.05, 0.1) is 0 Å². The number of amides is 2. The molecular weight excluding hydrogens is 322 g/mol. The average Bonchev–Trinajstić information content (AvgIpc) is 3.03. The first-order valence-corrected chi connectivity index (χ1v) is 8.15. The van der Waals surface area contributed by atoms with E-state index in [9.17, 15) is 9.59 Å². The number of piperidine rings is 1. The van der Waals surface area contributed by atoms with Gasteiger partial charge >= 0.3 is 0 Å². The van der Waals surface area contributed by atoms with Crippen molar-refractivity contribution < 1.29 is 14.7 Å². The Morgan fingerprint density at radius 1 is 1.36 bits per heavy atom. The number of carbonyl (C=O) groups is 2. The number of hydrogen-bond acceptors (Lipinski definition) is 5. The molecular formula is C17H21N5O3. The van der Waals surface area contributed by atoms with E-state index >= 15 is 0 Å². The van der Waals surface area contributed by atoms with Crippen LogP contribution in [-0.2, 0) is 16.6 Å². The third-order valence-electron chi connectivity index (χ3n) is 4.05. The molecule has 8 nitrogen and oxygen atoms in total. The fraction of sp³-hybridized carbons (Fsp3) is 0.353. The number of carbonyl (C=O) groups excluding carboxylic acids is 2. The Morgan fingerprint density at radius 3 is 2.88 bits per heavy atom. The molecule has 1 saturated heterocycles. The van der Waals surface area contributed by atoms with E-state index in [1.165, 1.54) is 0 Å². The van der Waals surface area contributed by atoms with Crippen LogP contribution in [0.4, 0.5) is 17.2 Å². The number of nitrogens with zero attached hydrogens (tertiary/aromatic N) is 3. The summed E-state index contributed by atoms with van der Waals surface area (Å²) in [7, 11) is 1.82. The molecule has 1 unspecified atom stereocenters. The molecule has 1 aliphatic heterocycles. The van der Waals surface area contributed by atoms with Crippen molar-refractivity contribution in [2.75, 3.05) is 28.7 Å². The summed E-state index contributed by atoms with van der Waals surface area (Å²) in [5.74, 6) is 0.157. The average molecular weight is 343 g/mol. The molecule has 0 spiro atoms. The highest BCUT2D eigenvalue weighted by Gasteiger charge is 2.30. The lowest BCUT2D eigenvalue weighted by Crippen LogP contribution is -2.48. The molecule has 1 aliphatic rings. The Balaban J connectivity index is 1.71. The maximum absolute atomic E-state index is 12.8. The van der Waals surface area contributed by atoms with Gasteiger partial charge in [-0.15, -0.1) is 0 Å². The van der Waals surface area contributed by atoms with Crippen molar-refractivity contribution in [1.29, 1.82) is 0 Å². The Hall–Kier alpha value is -2.87. The number of hydrogen-bond donors (Lipinski definition) is 3. The number of benzene rings is 1. The van der Waals surface area contributed by atoms with Crippen molar-refractivity contribution in [1.82, 2.24) is 9.78 Å². The second-order valence-electron chi connectivity index (χ2n) is 5.96. The summed E-state index contributed by atoms with van der Waals surface area (Å²) in [6, 6.07) is 8.55. The van der Waals surface area contributed by atoms with Gasteiger partial charge in [0.2, 0.25) is 5.91 Å². The van der Waals surface area contributed by atoms with Crippen LogP contribution in [0, 0.1) is 0 Å². The molecule has 1 aromatic heterocycles. The largest absolute Gasteiger partial charge is 0.387 e. The first-order valence-electron chi connectivity index (χ1n) is 8.15. The van der Waals surface area contributed by atoms with Crippen LogP contribution < -0.4 is 15.5 Å². The van der Waals surface area contributed by atoms with Crippen LogP contribution in [0.15, 0.2) is 36.5 Å². The molecule has 2 amide bonds. The highest BCUT2D eigenvalue weighted by atomic mass is 16.3. The minimum atomic E-state index is -0.572. The minimum Gasteiger partial charge on any atom is -0.387 e. The summed E-state index contributed by atoms with van der Waals surface area (Å²) in [6.45, 7) is 0.0818. The van der Waals surface area contributed by atoms with Crippen LogP contribution in [0.1, 0.15) is 12.8 Å². The predicted octanol–water partition coefficient (Wildman–Crippen LogP) is 0.958. The van der Waals surface area contributed by atoms with E-state index in [0.717, 1.165) is 18.5 Å². The maximum atomic E-state index is 12.8. The van der Waals surface area contributed by atoms with Crippen LogP contribution in [0.2, 0.25) is 0 Å². The molecule has 2 heterocycles. The van der Waals surface area contributed by atoms with E-state index in [0.29, 0.717) is 18.1 Å². The summed E-state index contributed by atoms with van der Waals surface area (Å²) in [5, 5.41) is 18.9. The molecule has 0 saturated carbocycles. The zero-order chi connectivity index (χ0) is 17.8. The molecule has 3 rings (SSSR count). The molecule has 8 heteroatoms. The molecule has 1 atom stereocenters. The van der Waals surface area contributed by atoms with Gasteiger partial charge in [0, 0.05) is 37.2 Å². The van der Waals surface area contributed by atoms with Crippen LogP contribution >= 0.6 is 0 Å². The fourth-order valence-corrected chi connectivity index (χ4v) is 2.87. The smallest absolute Gasteiger partial charge is 0.250 e. The second-order valence-corrected chi connectivity index (χ2v) is 5.96. The third-order valence-corrected chi connectivity index (χ3v) is 4.05. The van der Waals surface area contributed by atoms with Gasteiger partial charge in [-0.05, 0) is 31.0 Å². The van der Waals surface area contributed by atoms with E-state index in [2.05, 4.69) is 15.7 Å². The maximum Gasteiger partial charge on any atom is 0.250 e. The molecule has 132 valence electrons. The lowest BCUT2D eigenvalue weighted by molar-refractivity contribution is -0.120. The Labute approximate surface area is 145 Å². The Bertz CT molecular complexity index is 773. The Kier molecular flexibility index (Phi) is 4.99. The number of aryl methyl sites for hydroxylation is 1. The normalized spacial score (nSPS) is 17.4. The van der Waals surface area contributed by atoms with Gasteiger partial charge in [-0.3, -0.25) is 19.2 Å². The number of aliphatic hydroxyl groups excluding tert-OH is 1. The van der Waals surface area contributed by atoms with Gasteiger partial charge in [-0.2, -0.15) is 5.10 Å². The van der Waals surface area contributed by atoms with Gasteiger partial charge in [0.1, 0.15) is 12.6 Å². The number of aliphatic hydroxyl groups is 1. The molecule has 0 aliphatic carbocycles. The minimum absolute atomic E-state index is 0.0188. The predicted molar refractivity (Wildman–Crippen MR) is 94.4 cm³/mol. The standard InChI is InChI=1S/C17H21N5O3/c1-21-9-7-15(20-21)22-8-3-6-14(17(22)25)18-12-4-2-5-13(10-12)19-16(24)11-23/h2,4-5,7,9-10,14,18,23H,3,6,8,11H2,1H3,(H,19,24). The van der Waals surface area contributed by atoms with Crippen LogP contribution in [0.3, 0.4) is 0 Å². The van der Waals surface area contributed by atoms with Crippen molar-refractivity contribution in [3.63, 3.8) is 0 Å². The first kappa shape index (κ1) is 17.0. The summed E-state index contributed by atoms with van der Waals surface area (Å²) < 4.78 is 1.67. The van der Waals surface area contributed by atoms with E-state index in [1.807, 2.05) is 25.4 Å². The first-order chi connectivity index (χ1) is 12.1. The third kappa shape index (κ3) is 3.97. The van der Waals surface area contributed by atoms with Crippen LogP contribution in [0.25, 0.3) is 0 Å². The fourth-order valence-electron chi connectivity index (χ4n) is 2.87. The zero-order valence-corrected chi connectivity index (χ0v) is 14.0. The lowest BCUT2D eigenvalue weighted by Gasteiger charge is -2.31. The molecule has 0 radical (unpaired) electrons. The van der Waals surface area contributed by atoms with Gasteiger partial charge in [0.25, 0.3) is 5.91 Å². The van der Waals surface area contributed by atoms with Gasteiger partial charge in [0.15, 0.2) is 5.82 Å². The number of aromatic nitrogens is 2. The number of rotatable bonds is 5. The monoisotopic (exact) mass is 343 g/mol. The molecule has 3 N–H and O–H groups in total. The van der Waals surface area contributed by atoms with E-state index in [4.69, 9.17) is 5.11 Å². The molecule has 25 heavy (non-hydrogen) atoms. The zero-order valence-electron chi connectivity index (χ0n) is 14.0. The quantitative estimate of drug-likeness (QED) is 0.751. The topological polar surface area (TPSA) is 99.5 Å². The molecule has 0 bridgehead atoms. The van der Waals surface area contributed by atoms with Crippen molar-refractivity contribution in [3.8, 4) is 0 Å². The lowest BCUT2D eigenvalue weighted by atomic mass is 10.0. The van der Waals surface area contributed by atoms with Gasteiger partial charge < -0.3 is 15.7 Å². The van der Waals surface area contributed by atoms with Gasteiger partial charge in [-0.1, -0.05) is 6.07 Å². The SMILES string of the molecule is Cn1ccc(N2CCCC(Nc3cccc(NC(=O)CO)c3)C2=O)n1. The summed E-state index contributed by atoms with van der Waals surface area (Å²) >= 11 is 0. The Morgan fingerprint density at radius 2 is 2.16 bits per heavy atom. The number of anilines is 3. The van der Waals surface area contributed by atoms with E-state index < -0.39 is 12.5 Å². The van der Waals surface area contributed by atoms with Crippen molar-refractivity contribution in [2.45, 2.75) is 18.9 Å². The summed E-state index contributed by atoms with van der Waals surface area (Å²) in [5.41, 5.74) is 1.30. The molecule has 2 aromatic rings. The molecule has 1 aromatic carbocycles. The second kappa shape index (κ2) is 7.35. The number of nitrogens with one attached hydrogen (secondary N) is 2. The molecule has 1 fully saturated rings. The van der Waals surface area contributed by atoms with Crippen molar-refractivity contribution in [2.24, 2.45) is 7.05 Å². The summed E-state index contributed by atoms with van der Waals surface area (Å²) in [6.07, 6.45) is 3.42. The van der Waals surface area contributed by atoms with Crippen molar-refractivity contribution >= 4 is 29.0 Å². The van der Waals surface area contributed by atoms with Crippen LogP contribution in [-0.4, -0.2) is 45.9 Å². The van der Waals surface area contributed by atoms with Crippen molar-refractivity contribution in [3.05, 3.63) is 36.5 Å². The van der Waals surface area contributed by atoms with E-state index in [-0.39, 0.29) is 11.9 Å². The highest BCUT2D eigenvalue weighted by molar-refractivity contribution is 5.99.